The van der Waals surface area contributed by atoms with Gasteiger partial charge in [0.05, 0.1) is 39.0 Å². The van der Waals surface area contributed by atoms with Crippen LogP contribution in [0.25, 0.3) is 88.5 Å². The molecule has 4 aromatic heterocycles. The fourth-order valence-corrected chi connectivity index (χ4v) is 7.37. The predicted molar refractivity (Wildman–Crippen MR) is 199 cm³/mol. The third kappa shape index (κ3) is 4.03. The zero-order valence-corrected chi connectivity index (χ0v) is 26.0. The molecule has 48 heavy (non-hydrogen) atoms. The minimum Gasteiger partial charge on any atom is -0.309 e. The quantitative estimate of drug-likeness (QED) is 0.198. The van der Waals surface area contributed by atoms with Crippen molar-refractivity contribution in [2.75, 3.05) is 0 Å². The van der Waals surface area contributed by atoms with Crippen molar-refractivity contribution in [2.24, 2.45) is 0 Å². The molecular formula is C44H28N4. The lowest BCUT2D eigenvalue weighted by Crippen LogP contribution is -2.00. The highest BCUT2D eigenvalue weighted by molar-refractivity contribution is 6.19. The molecule has 0 aliphatic heterocycles. The Labute approximate surface area is 276 Å². The smallest absolute Gasteiger partial charge is 0.138 e. The molecular weight excluding hydrogens is 585 g/mol. The average molecular weight is 613 g/mol. The van der Waals surface area contributed by atoms with E-state index in [9.17, 15) is 0 Å². The molecule has 0 aliphatic rings. The number of hydrogen-bond donors (Lipinski definition) is 0. The number of rotatable bonds is 4. The second kappa shape index (κ2) is 10.5. The van der Waals surface area contributed by atoms with Crippen LogP contribution in [0.15, 0.2) is 170 Å². The largest absolute Gasteiger partial charge is 0.309 e. The summed E-state index contributed by atoms with van der Waals surface area (Å²) in [4.78, 5) is 10.5. The van der Waals surface area contributed by atoms with Gasteiger partial charge in [0.1, 0.15) is 5.82 Å². The van der Waals surface area contributed by atoms with Gasteiger partial charge in [-0.3, -0.25) is 4.57 Å². The van der Waals surface area contributed by atoms with Crippen LogP contribution in [-0.2, 0) is 0 Å². The minimum absolute atomic E-state index is 0.868. The van der Waals surface area contributed by atoms with E-state index >= 15 is 0 Å². The number of fused-ring (bicyclic) bond motifs is 7. The first-order chi connectivity index (χ1) is 23.8. The Hall–Kier alpha value is -6.52. The van der Waals surface area contributed by atoms with Crippen molar-refractivity contribution < 1.29 is 0 Å². The number of benzene rings is 6. The SMILES string of the molecule is c1ccc(-c2cccc(-c3cc(-n4c5ccccc5c5cc6c(cc54)c4ccccc4n6-c4ccccc4)nc4ccccc34)n2)cc1. The zero-order valence-electron chi connectivity index (χ0n) is 26.0. The Balaban J connectivity index is 1.28. The lowest BCUT2D eigenvalue weighted by atomic mass is 10.0. The lowest BCUT2D eigenvalue weighted by molar-refractivity contribution is 1.10. The Kier molecular flexibility index (Phi) is 5.84. The molecule has 0 saturated carbocycles. The van der Waals surface area contributed by atoms with Gasteiger partial charge in [-0.25, -0.2) is 9.97 Å². The molecule has 0 bridgehead atoms. The maximum absolute atomic E-state index is 5.31. The van der Waals surface area contributed by atoms with Crippen LogP contribution in [-0.4, -0.2) is 19.1 Å². The number of pyridine rings is 2. The molecule has 10 rings (SSSR count). The second-order valence-corrected chi connectivity index (χ2v) is 12.2. The molecule has 0 amide bonds. The Morgan fingerprint density at radius 2 is 0.917 bits per heavy atom. The molecule has 0 saturated heterocycles. The normalized spacial score (nSPS) is 11.8. The van der Waals surface area contributed by atoms with Crippen LogP contribution >= 0.6 is 0 Å². The molecule has 0 unspecified atom stereocenters. The van der Waals surface area contributed by atoms with Crippen molar-refractivity contribution >= 4 is 54.5 Å². The van der Waals surface area contributed by atoms with Crippen molar-refractivity contribution in [1.29, 1.82) is 0 Å². The van der Waals surface area contributed by atoms with Crippen LogP contribution in [0.3, 0.4) is 0 Å². The summed E-state index contributed by atoms with van der Waals surface area (Å²) in [5.41, 5.74) is 10.7. The number of para-hydroxylation sites is 4. The standard InChI is InChI=1S/C44H28N4/c1-3-14-29(15-4-1)37-22-13-23-39(45-37)34-28-44(46-38-21-10-7-18-31(34)38)48-41-25-12-9-20-33(41)36-26-42-35(27-43(36)48)32-19-8-11-24-40(32)47(42)30-16-5-2-6-17-30/h1-28H. The van der Waals surface area contributed by atoms with E-state index in [0.717, 1.165) is 56.0 Å². The number of aromatic nitrogens is 4. The van der Waals surface area contributed by atoms with Gasteiger partial charge in [0, 0.05) is 43.7 Å². The van der Waals surface area contributed by atoms with Crippen molar-refractivity contribution in [3.8, 4) is 34.0 Å². The zero-order chi connectivity index (χ0) is 31.6. The molecule has 4 heteroatoms. The van der Waals surface area contributed by atoms with Crippen LogP contribution < -0.4 is 0 Å². The fourth-order valence-electron chi connectivity index (χ4n) is 7.37. The van der Waals surface area contributed by atoms with E-state index in [4.69, 9.17) is 9.97 Å². The summed E-state index contributed by atoms with van der Waals surface area (Å²) in [5, 5.41) is 5.90. The molecule has 4 heterocycles. The van der Waals surface area contributed by atoms with Gasteiger partial charge in [-0.05, 0) is 60.7 Å². The molecule has 0 spiro atoms. The highest BCUT2D eigenvalue weighted by Crippen LogP contribution is 2.40. The minimum atomic E-state index is 0.868. The van der Waals surface area contributed by atoms with Crippen LogP contribution in [0.2, 0.25) is 0 Å². The summed E-state index contributed by atoms with van der Waals surface area (Å²) < 4.78 is 4.71. The van der Waals surface area contributed by atoms with Gasteiger partial charge in [0.2, 0.25) is 0 Å². The van der Waals surface area contributed by atoms with E-state index in [2.05, 4.69) is 173 Å². The molecule has 4 nitrogen and oxygen atoms in total. The van der Waals surface area contributed by atoms with E-state index in [0.29, 0.717) is 0 Å². The van der Waals surface area contributed by atoms with Crippen LogP contribution in [0, 0.1) is 0 Å². The molecule has 0 N–H and O–H groups in total. The summed E-state index contributed by atoms with van der Waals surface area (Å²) in [5.74, 6) is 0.868. The summed E-state index contributed by atoms with van der Waals surface area (Å²) in [6, 6.07) is 60.0. The summed E-state index contributed by atoms with van der Waals surface area (Å²) in [6.45, 7) is 0. The summed E-state index contributed by atoms with van der Waals surface area (Å²) >= 11 is 0. The van der Waals surface area contributed by atoms with Gasteiger partial charge < -0.3 is 4.57 Å². The van der Waals surface area contributed by atoms with Crippen molar-refractivity contribution in [1.82, 2.24) is 19.1 Å². The first-order valence-corrected chi connectivity index (χ1v) is 16.3. The van der Waals surface area contributed by atoms with E-state index < -0.39 is 0 Å². The second-order valence-electron chi connectivity index (χ2n) is 12.2. The maximum Gasteiger partial charge on any atom is 0.138 e. The van der Waals surface area contributed by atoms with Gasteiger partial charge in [-0.2, -0.15) is 0 Å². The Morgan fingerprint density at radius 1 is 0.354 bits per heavy atom. The molecule has 0 fully saturated rings. The van der Waals surface area contributed by atoms with Crippen molar-refractivity contribution in [3.63, 3.8) is 0 Å². The molecule has 0 aliphatic carbocycles. The van der Waals surface area contributed by atoms with E-state index in [-0.39, 0.29) is 0 Å². The highest BCUT2D eigenvalue weighted by Gasteiger charge is 2.20. The fraction of sp³-hybridized carbons (Fsp3) is 0. The average Bonchev–Trinajstić information content (AvgIpc) is 3.66. The number of hydrogen-bond acceptors (Lipinski definition) is 2. The molecule has 6 aromatic carbocycles. The first kappa shape index (κ1) is 26.7. The highest BCUT2D eigenvalue weighted by atomic mass is 15.1. The van der Waals surface area contributed by atoms with Gasteiger partial charge in [-0.15, -0.1) is 0 Å². The van der Waals surface area contributed by atoms with Crippen LogP contribution in [0.4, 0.5) is 0 Å². The molecule has 0 radical (unpaired) electrons. The molecule has 0 atom stereocenters. The molecule has 10 aromatic rings. The predicted octanol–water partition coefficient (Wildman–Crippen LogP) is 11.2. The van der Waals surface area contributed by atoms with Crippen molar-refractivity contribution in [3.05, 3.63) is 170 Å². The number of nitrogens with zero attached hydrogens (tertiary/aromatic N) is 4. The topological polar surface area (TPSA) is 35.6 Å². The van der Waals surface area contributed by atoms with E-state index in [1.54, 1.807) is 0 Å². The van der Waals surface area contributed by atoms with Gasteiger partial charge in [0.25, 0.3) is 0 Å². The van der Waals surface area contributed by atoms with Gasteiger partial charge in [0.15, 0.2) is 0 Å². The Bertz CT molecular complexity index is 2830. The molecule has 224 valence electrons. The summed E-state index contributed by atoms with van der Waals surface area (Å²) in [7, 11) is 0. The third-order valence-electron chi connectivity index (χ3n) is 9.51. The third-order valence-corrected chi connectivity index (χ3v) is 9.51. The van der Waals surface area contributed by atoms with Crippen LogP contribution in [0.5, 0.6) is 0 Å². The first-order valence-electron chi connectivity index (χ1n) is 16.3. The monoisotopic (exact) mass is 612 g/mol. The maximum atomic E-state index is 5.31. The Morgan fingerprint density at radius 3 is 1.65 bits per heavy atom. The summed E-state index contributed by atoms with van der Waals surface area (Å²) in [6.07, 6.45) is 0. The van der Waals surface area contributed by atoms with Crippen molar-refractivity contribution in [2.45, 2.75) is 0 Å². The van der Waals surface area contributed by atoms with Gasteiger partial charge >= 0.3 is 0 Å². The van der Waals surface area contributed by atoms with E-state index in [1.807, 2.05) is 6.07 Å². The lowest BCUT2D eigenvalue weighted by Gasteiger charge is -2.13. The van der Waals surface area contributed by atoms with Gasteiger partial charge in [-0.1, -0.05) is 109 Å². The van der Waals surface area contributed by atoms with Crippen LogP contribution in [0.1, 0.15) is 0 Å². The van der Waals surface area contributed by atoms with E-state index in [1.165, 1.54) is 32.6 Å².